The molecule has 1 aromatic rings. The summed E-state index contributed by atoms with van der Waals surface area (Å²) >= 11 is 5.80. The summed E-state index contributed by atoms with van der Waals surface area (Å²) in [5.41, 5.74) is 6.39. The standard InChI is InChI=1S/C11H16ClN3O/c12-10-5-4-9(13)11(15-10)14-7-8-3-1-2-6-16-8/h4-5,8H,1-3,6-7,13H2,(H,14,15). The van der Waals surface area contributed by atoms with Crippen molar-refractivity contribution in [1.29, 1.82) is 0 Å². The molecule has 1 unspecified atom stereocenters. The average molecular weight is 242 g/mol. The number of nitrogens with one attached hydrogen (secondary N) is 1. The van der Waals surface area contributed by atoms with Gasteiger partial charge in [0.15, 0.2) is 5.82 Å². The van der Waals surface area contributed by atoms with Crippen LogP contribution in [0.2, 0.25) is 5.15 Å². The van der Waals surface area contributed by atoms with Crippen LogP contribution in [0.1, 0.15) is 19.3 Å². The van der Waals surface area contributed by atoms with Gasteiger partial charge in [-0.1, -0.05) is 11.6 Å². The molecule has 0 aliphatic carbocycles. The molecule has 1 saturated heterocycles. The lowest BCUT2D eigenvalue weighted by Crippen LogP contribution is -2.27. The van der Waals surface area contributed by atoms with Crippen LogP contribution in [-0.2, 0) is 4.74 Å². The summed E-state index contributed by atoms with van der Waals surface area (Å²) < 4.78 is 5.61. The summed E-state index contributed by atoms with van der Waals surface area (Å²) in [6, 6.07) is 3.43. The van der Waals surface area contributed by atoms with E-state index < -0.39 is 0 Å². The van der Waals surface area contributed by atoms with Crippen LogP contribution in [0.25, 0.3) is 0 Å². The van der Waals surface area contributed by atoms with Gasteiger partial charge < -0.3 is 15.8 Å². The summed E-state index contributed by atoms with van der Waals surface area (Å²) in [5, 5.41) is 3.62. The van der Waals surface area contributed by atoms with Gasteiger partial charge in [0.25, 0.3) is 0 Å². The van der Waals surface area contributed by atoms with Crippen LogP contribution in [-0.4, -0.2) is 24.2 Å². The lowest BCUT2D eigenvalue weighted by atomic mass is 10.1. The van der Waals surface area contributed by atoms with Gasteiger partial charge in [0.05, 0.1) is 11.8 Å². The molecule has 0 amide bonds. The van der Waals surface area contributed by atoms with E-state index in [9.17, 15) is 0 Å². The zero-order valence-electron chi connectivity index (χ0n) is 9.08. The quantitative estimate of drug-likeness (QED) is 0.798. The predicted molar refractivity (Wildman–Crippen MR) is 65.7 cm³/mol. The molecule has 0 radical (unpaired) electrons. The number of nitrogens with zero attached hydrogens (tertiary/aromatic N) is 1. The van der Waals surface area contributed by atoms with Crippen molar-refractivity contribution in [2.24, 2.45) is 0 Å². The fourth-order valence-electron chi connectivity index (χ4n) is 1.77. The highest BCUT2D eigenvalue weighted by atomic mass is 35.5. The monoisotopic (exact) mass is 241 g/mol. The fraction of sp³-hybridized carbons (Fsp3) is 0.545. The highest BCUT2D eigenvalue weighted by Gasteiger charge is 2.14. The lowest BCUT2D eigenvalue weighted by molar-refractivity contribution is 0.0247. The van der Waals surface area contributed by atoms with E-state index in [0.29, 0.717) is 16.7 Å². The maximum atomic E-state index is 5.80. The van der Waals surface area contributed by atoms with Crippen LogP contribution in [0.15, 0.2) is 12.1 Å². The first kappa shape index (κ1) is 11.5. The first-order valence-corrected chi connectivity index (χ1v) is 5.91. The zero-order chi connectivity index (χ0) is 11.4. The topological polar surface area (TPSA) is 60.2 Å². The molecule has 1 aromatic heterocycles. The summed E-state index contributed by atoms with van der Waals surface area (Å²) in [6.07, 6.45) is 3.74. The van der Waals surface area contributed by atoms with E-state index in [-0.39, 0.29) is 6.10 Å². The Kier molecular flexibility index (Phi) is 3.85. The molecular weight excluding hydrogens is 226 g/mol. The van der Waals surface area contributed by atoms with Gasteiger partial charge in [-0.05, 0) is 31.4 Å². The highest BCUT2D eigenvalue weighted by molar-refractivity contribution is 6.29. The Hall–Kier alpha value is -1.00. The first-order chi connectivity index (χ1) is 7.75. The number of anilines is 2. The number of halogens is 1. The van der Waals surface area contributed by atoms with E-state index in [1.165, 1.54) is 6.42 Å². The molecule has 1 atom stereocenters. The van der Waals surface area contributed by atoms with E-state index in [1.807, 2.05) is 0 Å². The molecule has 88 valence electrons. The molecule has 0 saturated carbocycles. The van der Waals surface area contributed by atoms with Crippen molar-refractivity contribution in [3.05, 3.63) is 17.3 Å². The van der Waals surface area contributed by atoms with Crippen LogP contribution < -0.4 is 11.1 Å². The minimum absolute atomic E-state index is 0.258. The minimum Gasteiger partial charge on any atom is -0.396 e. The van der Waals surface area contributed by atoms with Crippen LogP contribution in [0.3, 0.4) is 0 Å². The Bertz CT molecular complexity index is 353. The Morgan fingerprint density at radius 3 is 3.12 bits per heavy atom. The van der Waals surface area contributed by atoms with Gasteiger partial charge in [0.1, 0.15) is 5.15 Å². The number of aromatic nitrogens is 1. The van der Waals surface area contributed by atoms with Gasteiger partial charge in [0.2, 0.25) is 0 Å². The number of pyridine rings is 1. The first-order valence-electron chi connectivity index (χ1n) is 5.53. The number of ether oxygens (including phenoxy) is 1. The van der Waals surface area contributed by atoms with Crippen LogP contribution in [0.5, 0.6) is 0 Å². The Morgan fingerprint density at radius 2 is 2.38 bits per heavy atom. The Balaban J connectivity index is 1.90. The zero-order valence-corrected chi connectivity index (χ0v) is 9.83. The van der Waals surface area contributed by atoms with Crippen LogP contribution >= 0.6 is 11.6 Å². The SMILES string of the molecule is Nc1ccc(Cl)nc1NCC1CCCCO1. The molecule has 0 spiro atoms. The van der Waals surface area contributed by atoms with E-state index in [2.05, 4.69) is 10.3 Å². The molecule has 1 aliphatic heterocycles. The maximum absolute atomic E-state index is 5.80. The van der Waals surface area contributed by atoms with E-state index in [4.69, 9.17) is 22.1 Å². The van der Waals surface area contributed by atoms with Gasteiger partial charge in [-0.2, -0.15) is 0 Å². The summed E-state index contributed by atoms with van der Waals surface area (Å²) in [4.78, 5) is 4.13. The molecule has 0 aromatic carbocycles. The molecule has 0 bridgehead atoms. The molecular formula is C11H16ClN3O. The molecule has 3 N–H and O–H groups in total. The van der Waals surface area contributed by atoms with Gasteiger partial charge in [0, 0.05) is 13.2 Å². The number of nitrogens with two attached hydrogens (primary N) is 1. The maximum Gasteiger partial charge on any atom is 0.151 e. The van der Waals surface area contributed by atoms with E-state index in [1.54, 1.807) is 12.1 Å². The minimum atomic E-state index is 0.258. The number of nitrogen functional groups attached to an aromatic ring is 1. The van der Waals surface area contributed by atoms with Crippen molar-refractivity contribution in [2.75, 3.05) is 24.2 Å². The van der Waals surface area contributed by atoms with Gasteiger partial charge in [-0.25, -0.2) is 4.98 Å². The molecule has 4 nitrogen and oxygen atoms in total. The number of hydrogen-bond acceptors (Lipinski definition) is 4. The van der Waals surface area contributed by atoms with Crippen molar-refractivity contribution in [3.8, 4) is 0 Å². The van der Waals surface area contributed by atoms with Gasteiger partial charge in [-0.15, -0.1) is 0 Å². The van der Waals surface area contributed by atoms with Crippen molar-refractivity contribution in [1.82, 2.24) is 4.98 Å². The van der Waals surface area contributed by atoms with E-state index in [0.717, 1.165) is 26.0 Å². The smallest absolute Gasteiger partial charge is 0.151 e. The molecule has 2 rings (SSSR count). The molecule has 16 heavy (non-hydrogen) atoms. The van der Waals surface area contributed by atoms with Crippen molar-refractivity contribution in [3.63, 3.8) is 0 Å². The number of rotatable bonds is 3. The second kappa shape index (κ2) is 5.37. The molecule has 1 fully saturated rings. The highest BCUT2D eigenvalue weighted by Crippen LogP contribution is 2.19. The summed E-state index contributed by atoms with van der Waals surface area (Å²) in [5.74, 6) is 0.640. The van der Waals surface area contributed by atoms with E-state index >= 15 is 0 Å². The van der Waals surface area contributed by atoms with Crippen LogP contribution in [0.4, 0.5) is 11.5 Å². The molecule has 2 heterocycles. The molecule has 1 aliphatic rings. The lowest BCUT2D eigenvalue weighted by Gasteiger charge is -2.23. The summed E-state index contributed by atoms with van der Waals surface area (Å²) in [6.45, 7) is 1.59. The average Bonchev–Trinajstić information content (AvgIpc) is 2.32. The third-order valence-electron chi connectivity index (χ3n) is 2.66. The van der Waals surface area contributed by atoms with Gasteiger partial charge in [-0.3, -0.25) is 0 Å². The fourth-order valence-corrected chi connectivity index (χ4v) is 1.91. The van der Waals surface area contributed by atoms with Crippen molar-refractivity contribution < 1.29 is 4.74 Å². The van der Waals surface area contributed by atoms with Crippen molar-refractivity contribution in [2.45, 2.75) is 25.4 Å². The molecule has 5 heteroatoms. The van der Waals surface area contributed by atoms with Crippen molar-refractivity contribution >= 4 is 23.1 Å². The Labute approximate surface area is 100 Å². The van der Waals surface area contributed by atoms with Gasteiger partial charge >= 0.3 is 0 Å². The second-order valence-corrected chi connectivity index (χ2v) is 4.33. The third-order valence-corrected chi connectivity index (χ3v) is 2.87. The summed E-state index contributed by atoms with van der Waals surface area (Å²) in [7, 11) is 0. The normalized spacial score (nSPS) is 20.7. The third kappa shape index (κ3) is 3.00. The van der Waals surface area contributed by atoms with Crippen LogP contribution in [0, 0.1) is 0 Å². The Morgan fingerprint density at radius 1 is 1.50 bits per heavy atom. The number of hydrogen-bond donors (Lipinski definition) is 2. The second-order valence-electron chi connectivity index (χ2n) is 3.94. The predicted octanol–water partition coefficient (Wildman–Crippen LogP) is 2.30. The largest absolute Gasteiger partial charge is 0.396 e.